The number of anilines is 2. The minimum Gasteiger partial charge on any atom is -0.452 e. The summed E-state index contributed by atoms with van der Waals surface area (Å²) < 4.78 is 5.19. The van der Waals surface area contributed by atoms with Crippen molar-refractivity contribution >= 4 is 46.7 Å². The first kappa shape index (κ1) is 20.6. The van der Waals surface area contributed by atoms with E-state index >= 15 is 0 Å². The summed E-state index contributed by atoms with van der Waals surface area (Å²) in [5.41, 5.74) is 1.43. The van der Waals surface area contributed by atoms with Crippen molar-refractivity contribution in [2.45, 2.75) is 36.5 Å². The van der Waals surface area contributed by atoms with Crippen LogP contribution in [0.25, 0.3) is 0 Å². The smallest absolute Gasteiger partial charge is 0.308 e. The predicted octanol–water partition coefficient (Wildman–Crippen LogP) is 3.26. The van der Waals surface area contributed by atoms with Crippen LogP contribution in [0.4, 0.5) is 11.4 Å². The summed E-state index contributed by atoms with van der Waals surface area (Å²) in [5, 5.41) is 4.73. The van der Waals surface area contributed by atoms with Crippen LogP contribution in [0.5, 0.6) is 0 Å². The highest BCUT2D eigenvalue weighted by Crippen LogP contribution is 2.36. The third kappa shape index (κ3) is 5.03. The van der Waals surface area contributed by atoms with Gasteiger partial charge in [0, 0.05) is 10.5 Å². The molecule has 2 aromatic carbocycles. The first-order valence-corrected chi connectivity index (χ1v) is 9.90. The molecular weight excluding hydrogens is 392 g/mol. The fourth-order valence-corrected chi connectivity index (χ4v) is 3.91. The van der Waals surface area contributed by atoms with Crippen molar-refractivity contribution in [1.29, 1.82) is 0 Å². The van der Waals surface area contributed by atoms with Crippen molar-refractivity contribution < 1.29 is 23.9 Å². The molecule has 1 aliphatic rings. The lowest BCUT2D eigenvalue weighted by atomic mass is 10.1. The molecule has 1 aliphatic heterocycles. The average Bonchev–Trinajstić information content (AvgIpc) is 2.68. The van der Waals surface area contributed by atoms with Gasteiger partial charge in [-0.3, -0.25) is 19.2 Å². The number of benzene rings is 2. The maximum absolute atomic E-state index is 12.4. The average molecular weight is 412 g/mol. The molecule has 2 amide bonds. The number of fused-ring (bicyclic) bond motifs is 1. The van der Waals surface area contributed by atoms with Crippen LogP contribution in [-0.4, -0.2) is 34.9 Å². The van der Waals surface area contributed by atoms with E-state index in [1.165, 1.54) is 25.6 Å². The van der Waals surface area contributed by atoms with E-state index in [0.717, 1.165) is 4.90 Å². The molecule has 2 atom stereocenters. The molecule has 2 aromatic rings. The summed E-state index contributed by atoms with van der Waals surface area (Å²) in [6.07, 6.45) is -1.24. The first-order chi connectivity index (χ1) is 13.8. The molecule has 29 heavy (non-hydrogen) atoms. The second-order valence-electron chi connectivity index (χ2n) is 6.52. The van der Waals surface area contributed by atoms with Crippen molar-refractivity contribution in [2.24, 2.45) is 0 Å². The zero-order valence-electron chi connectivity index (χ0n) is 15.9. The molecule has 0 aromatic heterocycles. The van der Waals surface area contributed by atoms with E-state index < -0.39 is 23.2 Å². The van der Waals surface area contributed by atoms with E-state index in [0.29, 0.717) is 16.9 Å². The number of ether oxygens (including phenoxy) is 1. The molecule has 8 heteroatoms. The molecular formula is C21H20N2O5S. The first-order valence-electron chi connectivity index (χ1n) is 9.02. The zero-order valence-corrected chi connectivity index (χ0v) is 16.7. The highest BCUT2D eigenvalue weighted by molar-refractivity contribution is 8.01. The van der Waals surface area contributed by atoms with Gasteiger partial charge in [0.15, 0.2) is 11.9 Å². The van der Waals surface area contributed by atoms with Crippen LogP contribution < -0.4 is 10.6 Å². The number of carbonyl (C=O) groups excluding carboxylic acids is 4. The van der Waals surface area contributed by atoms with Crippen molar-refractivity contribution in [1.82, 2.24) is 0 Å². The second kappa shape index (κ2) is 8.91. The van der Waals surface area contributed by atoms with Gasteiger partial charge < -0.3 is 15.4 Å². The number of nitrogens with one attached hydrogen (secondary N) is 2. The van der Waals surface area contributed by atoms with Gasteiger partial charge in [-0.1, -0.05) is 24.3 Å². The van der Waals surface area contributed by atoms with E-state index in [1.54, 1.807) is 30.3 Å². The second-order valence-corrected chi connectivity index (χ2v) is 7.76. The SMILES string of the molecule is CC(=O)c1ccccc1NC(=O)[C@@H](C)OC(=O)C[C@@H]1Sc2ccccc2NC1=O. The minimum absolute atomic E-state index is 0.160. The van der Waals surface area contributed by atoms with E-state index in [1.807, 2.05) is 18.2 Å². The van der Waals surface area contributed by atoms with Crippen LogP contribution >= 0.6 is 11.8 Å². The highest BCUT2D eigenvalue weighted by Gasteiger charge is 2.30. The Balaban J connectivity index is 1.57. The Morgan fingerprint density at radius 2 is 1.83 bits per heavy atom. The third-order valence-corrected chi connectivity index (χ3v) is 5.58. The standard InChI is InChI=1S/C21H20N2O5S/c1-12(24)14-7-3-4-8-15(14)22-20(26)13(2)28-19(25)11-18-21(27)23-16-9-5-6-10-17(16)29-18/h3-10,13,18H,11H2,1-2H3,(H,22,26)(H,23,27)/t13-,18+/m1/s1. The van der Waals surface area contributed by atoms with E-state index in [-0.39, 0.29) is 18.1 Å². The lowest BCUT2D eigenvalue weighted by Crippen LogP contribution is -2.34. The number of carbonyl (C=O) groups is 4. The van der Waals surface area contributed by atoms with E-state index in [2.05, 4.69) is 10.6 Å². The number of thioether (sulfide) groups is 1. The van der Waals surface area contributed by atoms with E-state index in [9.17, 15) is 19.2 Å². The lowest BCUT2D eigenvalue weighted by Gasteiger charge is -2.23. The topological polar surface area (TPSA) is 102 Å². The fourth-order valence-electron chi connectivity index (χ4n) is 2.81. The maximum atomic E-state index is 12.4. The Kier molecular flexibility index (Phi) is 6.33. The molecule has 0 aliphatic carbocycles. The Labute approximate surface area is 172 Å². The van der Waals surface area contributed by atoms with Crippen molar-refractivity contribution in [3.63, 3.8) is 0 Å². The summed E-state index contributed by atoms with van der Waals surface area (Å²) in [6.45, 7) is 2.84. The molecule has 0 radical (unpaired) electrons. The summed E-state index contributed by atoms with van der Waals surface area (Å²) in [4.78, 5) is 49.4. The summed E-state index contributed by atoms with van der Waals surface area (Å²) >= 11 is 1.29. The number of rotatable bonds is 6. The van der Waals surface area contributed by atoms with Gasteiger partial charge in [-0.15, -0.1) is 11.8 Å². The Hall–Kier alpha value is -3.13. The number of Topliss-reactive ketones (excluding diaryl/α,β-unsaturated/α-hetero) is 1. The number of ketones is 1. The van der Waals surface area contributed by atoms with Gasteiger partial charge in [0.1, 0.15) is 0 Å². The molecule has 150 valence electrons. The van der Waals surface area contributed by atoms with Crippen LogP contribution in [0.1, 0.15) is 30.6 Å². The third-order valence-electron chi connectivity index (χ3n) is 4.30. The number of amides is 2. The number of para-hydroxylation sites is 2. The van der Waals surface area contributed by atoms with Gasteiger partial charge in [-0.05, 0) is 38.1 Å². The van der Waals surface area contributed by atoms with Gasteiger partial charge in [-0.2, -0.15) is 0 Å². The van der Waals surface area contributed by atoms with Crippen molar-refractivity contribution in [3.8, 4) is 0 Å². The number of hydrogen-bond acceptors (Lipinski definition) is 6. The zero-order chi connectivity index (χ0) is 21.0. The Morgan fingerprint density at radius 1 is 1.14 bits per heavy atom. The summed E-state index contributed by atoms with van der Waals surface area (Å²) in [7, 11) is 0. The molecule has 2 N–H and O–H groups in total. The molecule has 0 unspecified atom stereocenters. The van der Waals surface area contributed by atoms with Crippen molar-refractivity contribution in [2.75, 3.05) is 10.6 Å². The largest absolute Gasteiger partial charge is 0.452 e. The van der Waals surface area contributed by atoms with Crippen molar-refractivity contribution in [3.05, 3.63) is 54.1 Å². The Bertz CT molecular complexity index is 975. The predicted molar refractivity (Wildman–Crippen MR) is 110 cm³/mol. The molecule has 7 nitrogen and oxygen atoms in total. The van der Waals surface area contributed by atoms with Crippen LogP contribution in [0, 0.1) is 0 Å². The molecule has 0 spiro atoms. The molecule has 0 saturated heterocycles. The highest BCUT2D eigenvalue weighted by atomic mass is 32.2. The quantitative estimate of drug-likeness (QED) is 0.558. The summed E-state index contributed by atoms with van der Waals surface area (Å²) in [5.74, 6) is -1.68. The summed E-state index contributed by atoms with van der Waals surface area (Å²) in [6, 6.07) is 13.9. The van der Waals surface area contributed by atoms with Crippen LogP contribution in [-0.2, 0) is 19.1 Å². The van der Waals surface area contributed by atoms with Gasteiger partial charge >= 0.3 is 5.97 Å². The molecule has 0 bridgehead atoms. The molecule has 0 fully saturated rings. The maximum Gasteiger partial charge on any atom is 0.308 e. The van der Waals surface area contributed by atoms with Gasteiger partial charge in [0.25, 0.3) is 5.91 Å². The molecule has 1 heterocycles. The normalized spacial score (nSPS) is 16.2. The van der Waals surface area contributed by atoms with E-state index in [4.69, 9.17) is 4.74 Å². The van der Waals surface area contributed by atoms with Gasteiger partial charge in [-0.25, -0.2) is 0 Å². The number of hydrogen-bond donors (Lipinski definition) is 2. The minimum atomic E-state index is -1.08. The van der Waals surface area contributed by atoms with Gasteiger partial charge in [0.2, 0.25) is 5.91 Å². The van der Waals surface area contributed by atoms with Crippen LogP contribution in [0.3, 0.4) is 0 Å². The molecule has 0 saturated carbocycles. The monoisotopic (exact) mass is 412 g/mol. The van der Waals surface area contributed by atoms with Gasteiger partial charge in [0.05, 0.1) is 23.0 Å². The van der Waals surface area contributed by atoms with Crippen LogP contribution in [0.15, 0.2) is 53.4 Å². The molecule has 3 rings (SSSR count). The fraction of sp³-hybridized carbons (Fsp3) is 0.238. The van der Waals surface area contributed by atoms with Crippen LogP contribution in [0.2, 0.25) is 0 Å². The Morgan fingerprint density at radius 3 is 2.59 bits per heavy atom. The number of esters is 1. The lowest BCUT2D eigenvalue weighted by molar-refractivity contribution is -0.153.